The van der Waals surface area contributed by atoms with Gasteiger partial charge in [0.05, 0.1) is 12.0 Å². The molecule has 0 amide bonds. The Hall–Kier alpha value is -0.650. The van der Waals surface area contributed by atoms with Gasteiger partial charge in [-0.15, -0.1) is 0 Å². The minimum Gasteiger partial charge on any atom is -0.481 e. The Kier molecular flexibility index (Phi) is 3.70. The number of hydrogen-bond acceptors (Lipinski definition) is 4. The van der Waals surface area contributed by atoms with Crippen LogP contribution in [-0.2, 0) is 4.79 Å². The van der Waals surface area contributed by atoms with Crippen LogP contribution >= 0.6 is 0 Å². The minimum atomic E-state index is -0.989. The lowest BCUT2D eigenvalue weighted by molar-refractivity contribution is -0.145. The van der Waals surface area contributed by atoms with Gasteiger partial charge in [0, 0.05) is 18.0 Å². The molecule has 88 valence electrons. The van der Waals surface area contributed by atoms with Crippen molar-refractivity contribution in [3.8, 4) is 0 Å². The fourth-order valence-corrected chi connectivity index (χ4v) is 2.32. The molecular formula is C10H20N2O3. The molecule has 0 aromatic rings. The lowest BCUT2D eigenvalue weighted by Crippen LogP contribution is -2.47. The molecule has 0 aromatic carbocycles. The predicted molar refractivity (Wildman–Crippen MR) is 56.0 cm³/mol. The number of carbonyl (C=O) groups is 1. The summed E-state index contributed by atoms with van der Waals surface area (Å²) in [6, 6.07) is -0.571. The van der Waals surface area contributed by atoms with Gasteiger partial charge >= 0.3 is 5.97 Å². The van der Waals surface area contributed by atoms with Crippen LogP contribution < -0.4 is 11.5 Å². The van der Waals surface area contributed by atoms with Crippen LogP contribution in [0, 0.1) is 17.8 Å². The van der Waals surface area contributed by atoms with Crippen LogP contribution in [0.25, 0.3) is 0 Å². The van der Waals surface area contributed by atoms with Crippen LogP contribution in [0.1, 0.15) is 20.3 Å². The molecule has 5 atom stereocenters. The first-order valence-electron chi connectivity index (χ1n) is 5.28. The van der Waals surface area contributed by atoms with Gasteiger partial charge in [-0.2, -0.15) is 0 Å². The van der Waals surface area contributed by atoms with E-state index in [-0.39, 0.29) is 23.9 Å². The van der Waals surface area contributed by atoms with Crippen molar-refractivity contribution in [2.75, 3.05) is 0 Å². The molecule has 5 heteroatoms. The molecular weight excluding hydrogens is 196 g/mol. The summed E-state index contributed by atoms with van der Waals surface area (Å²) >= 11 is 0. The molecule has 1 rings (SSSR count). The molecule has 0 aromatic heterocycles. The zero-order chi connectivity index (χ0) is 11.7. The van der Waals surface area contributed by atoms with Crippen molar-refractivity contribution >= 4 is 5.97 Å². The van der Waals surface area contributed by atoms with E-state index in [2.05, 4.69) is 0 Å². The van der Waals surface area contributed by atoms with Crippen LogP contribution in [0.4, 0.5) is 0 Å². The minimum absolute atomic E-state index is 0.184. The smallest absolute Gasteiger partial charge is 0.309 e. The van der Waals surface area contributed by atoms with E-state index in [1.807, 2.05) is 13.8 Å². The summed E-state index contributed by atoms with van der Waals surface area (Å²) in [4.78, 5) is 10.8. The molecule has 1 saturated carbocycles. The molecule has 5 nitrogen and oxygen atoms in total. The molecule has 0 saturated heterocycles. The zero-order valence-corrected chi connectivity index (χ0v) is 9.13. The third-order valence-corrected chi connectivity index (χ3v) is 3.36. The molecule has 0 aliphatic heterocycles. The van der Waals surface area contributed by atoms with E-state index in [4.69, 9.17) is 16.6 Å². The van der Waals surface area contributed by atoms with Gasteiger partial charge in [-0.3, -0.25) is 4.79 Å². The zero-order valence-electron chi connectivity index (χ0n) is 9.13. The number of nitrogens with two attached hydrogens (primary N) is 2. The highest BCUT2D eigenvalue weighted by molar-refractivity contribution is 5.71. The van der Waals surface area contributed by atoms with Crippen molar-refractivity contribution in [1.29, 1.82) is 0 Å². The summed E-state index contributed by atoms with van der Waals surface area (Å²) in [5.41, 5.74) is 11.8. The van der Waals surface area contributed by atoms with Gasteiger partial charge in [-0.1, -0.05) is 13.8 Å². The van der Waals surface area contributed by atoms with Gasteiger partial charge < -0.3 is 21.7 Å². The Bertz CT molecular complexity index is 245. The molecule has 6 N–H and O–H groups in total. The molecule has 1 fully saturated rings. The Balaban J connectivity index is 2.78. The fourth-order valence-electron chi connectivity index (χ4n) is 2.32. The second-order valence-corrected chi connectivity index (χ2v) is 4.73. The van der Waals surface area contributed by atoms with Crippen molar-refractivity contribution in [2.24, 2.45) is 29.2 Å². The number of aliphatic carboxylic acids is 1. The maximum Gasteiger partial charge on any atom is 0.309 e. The highest BCUT2D eigenvalue weighted by Gasteiger charge is 2.47. The van der Waals surface area contributed by atoms with Crippen LogP contribution in [0.5, 0.6) is 0 Å². The second-order valence-electron chi connectivity index (χ2n) is 4.73. The van der Waals surface area contributed by atoms with Crippen molar-refractivity contribution in [1.82, 2.24) is 0 Å². The molecule has 0 heterocycles. The average Bonchev–Trinajstić information content (AvgIpc) is 2.41. The summed E-state index contributed by atoms with van der Waals surface area (Å²) in [5.74, 6) is -1.89. The molecule has 5 unspecified atom stereocenters. The van der Waals surface area contributed by atoms with Gasteiger partial charge in [0.25, 0.3) is 0 Å². The fraction of sp³-hybridized carbons (Fsp3) is 0.900. The van der Waals surface area contributed by atoms with E-state index in [9.17, 15) is 9.90 Å². The Morgan fingerprint density at radius 1 is 1.47 bits per heavy atom. The Morgan fingerprint density at radius 3 is 2.33 bits per heavy atom. The van der Waals surface area contributed by atoms with E-state index in [0.717, 1.165) is 0 Å². The quantitative estimate of drug-likeness (QED) is 0.502. The highest BCUT2D eigenvalue weighted by atomic mass is 16.4. The lowest BCUT2D eigenvalue weighted by Gasteiger charge is -2.29. The number of rotatable bonds is 3. The normalized spacial score (nSPS) is 38.3. The number of aliphatic hydroxyl groups is 1. The molecule has 0 bridgehead atoms. The summed E-state index contributed by atoms with van der Waals surface area (Å²) in [5, 5.41) is 18.8. The van der Waals surface area contributed by atoms with E-state index in [1.165, 1.54) is 0 Å². The third-order valence-electron chi connectivity index (χ3n) is 3.36. The monoisotopic (exact) mass is 216 g/mol. The molecule has 0 spiro atoms. The van der Waals surface area contributed by atoms with Crippen molar-refractivity contribution in [2.45, 2.75) is 38.5 Å². The van der Waals surface area contributed by atoms with Gasteiger partial charge in [0.2, 0.25) is 0 Å². The van der Waals surface area contributed by atoms with Crippen LogP contribution in [0.3, 0.4) is 0 Å². The van der Waals surface area contributed by atoms with Crippen LogP contribution in [-0.4, -0.2) is 34.4 Å². The van der Waals surface area contributed by atoms with E-state index >= 15 is 0 Å². The van der Waals surface area contributed by atoms with Gasteiger partial charge in [0.1, 0.15) is 0 Å². The van der Waals surface area contributed by atoms with Gasteiger partial charge in [-0.25, -0.2) is 0 Å². The molecule has 15 heavy (non-hydrogen) atoms. The first-order valence-corrected chi connectivity index (χ1v) is 5.28. The summed E-state index contributed by atoms with van der Waals surface area (Å²) in [6.07, 6.45) is -0.614. The molecule has 1 aliphatic rings. The summed E-state index contributed by atoms with van der Waals surface area (Å²) < 4.78 is 0. The maximum absolute atomic E-state index is 10.8. The van der Waals surface area contributed by atoms with Crippen molar-refractivity contribution in [3.63, 3.8) is 0 Å². The number of carboxylic acid groups (broad SMARTS) is 1. The average molecular weight is 216 g/mol. The largest absolute Gasteiger partial charge is 0.481 e. The van der Waals surface area contributed by atoms with Crippen molar-refractivity contribution in [3.05, 3.63) is 0 Å². The lowest BCUT2D eigenvalue weighted by atomic mass is 9.85. The van der Waals surface area contributed by atoms with E-state index in [0.29, 0.717) is 6.42 Å². The Morgan fingerprint density at radius 2 is 2.00 bits per heavy atom. The first kappa shape index (κ1) is 12.4. The molecule has 0 radical (unpaired) electrons. The molecule has 1 aliphatic carbocycles. The SMILES string of the molecule is CC(C)C(N)C1C(N)CC(C(=O)O)C1O. The van der Waals surface area contributed by atoms with E-state index in [1.54, 1.807) is 0 Å². The first-order chi connectivity index (χ1) is 6.86. The van der Waals surface area contributed by atoms with E-state index < -0.39 is 18.0 Å². The van der Waals surface area contributed by atoms with Gasteiger partial charge in [-0.05, 0) is 12.3 Å². The number of aliphatic hydroxyl groups excluding tert-OH is 1. The van der Waals surface area contributed by atoms with Crippen LogP contribution in [0.15, 0.2) is 0 Å². The van der Waals surface area contributed by atoms with Crippen LogP contribution in [0.2, 0.25) is 0 Å². The Labute approximate surface area is 89.4 Å². The number of hydrogen-bond donors (Lipinski definition) is 4. The summed E-state index contributed by atoms with van der Waals surface area (Å²) in [6.45, 7) is 3.89. The van der Waals surface area contributed by atoms with Crippen molar-refractivity contribution < 1.29 is 15.0 Å². The highest BCUT2D eigenvalue weighted by Crippen LogP contribution is 2.34. The second kappa shape index (κ2) is 4.47. The predicted octanol–water partition coefficient (Wildman–Crippen LogP) is -0.621. The number of carboxylic acids is 1. The summed E-state index contributed by atoms with van der Waals surface area (Å²) in [7, 11) is 0. The third kappa shape index (κ3) is 2.30. The topological polar surface area (TPSA) is 110 Å². The maximum atomic E-state index is 10.8. The standard InChI is InChI=1S/C10H20N2O3/c1-4(2)8(12)7-6(11)3-5(9(7)13)10(14)15/h4-9,13H,3,11-12H2,1-2H3,(H,14,15). The van der Waals surface area contributed by atoms with Gasteiger partial charge in [0.15, 0.2) is 0 Å².